The topological polar surface area (TPSA) is 99.9 Å². The number of hydrogen-bond acceptors (Lipinski definition) is 6. The number of hydrogen-bond donors (Lipinski definition) is 1. The van der Waals surface area contributed by atoms with E-state index in [-0.39, 0.29) is 33.0 Å². The Bertz CT molecular complexity index is 686. The molecule has 2 rings (SSSR count). The Morgan fingerprint density at radius 2 is 2.10 bits per heavy atom. The molecule has 0 aliphatic carbocycles. The van der Waals surface area contributed by atoms with Crippen molar-refractivity contribution in [2.45, 2.75) is 0 Å². The normalized spacial score (nSPS) is 11.3. The first-order valence-corrected chi connectivity index (χ1v) is 6.25. The van der Waals surface area contributed by atoms with Gasteiger partial charge >= 0.3 is 5.97 Å². The Morgan fingerprint density at radius 1 is 1.38 bits per heavy atom. The van der Waals surface area contributed by atoms with Gasteiger partial charge in [0.15, 0.2) is 17.9 Å². The zero-order valence-electron chi connectivity index (χ0n) is 10.7. The Balaban J connectivity index is 2.25. The minimum atomic E-state index is -0.873. The number of methoxy groups -OCH3 is 1. The van der Waals surface area contributed by atoms with Crippen LogP contribution in [0.15, 0.2) is 34.3 Å². The molecule has 0 fully saturated rings. The van der Waals surface area contributed by atoms with E-state index in [1.165, 1.54) is 25.4 Å². The molecule has 1 heterocycles. The number of oxime groups is 1. The van der Waals surface area contributed by atoms with E-state index in [4.69, 9.17) is 42.9 Å². The molecule has 0 spiro atoms. The van der Waals surface area contributed by atoms with Crippen LogP contribution in [0.2, 0.25) is 10.0 Å². The van der Waals surface area contributed by atoms with Gasteiger partial charge in [-0.05, 0) is 12.1 Å². The molecule has 0 aliphatic rings. The van der Waals surface area contributed by atoms with Crippen LogP contribution in [0.4, 0.5) is 0 Å². The average molecular weight is 330 g/mol. The summed E-state index contributed by atoms with van der Waals surface area (Å²) in [7, 11) is 1.35. The summed E-state index contributed by atoms with van der Waals surface area (Å²) in [5.41, 5.74) is 5.50. The van der Waals surface area contributed by atoms with E-state index in [0.717, 1.165) is 6.39 Å². The number of ether oxygens (including phenoxy) is 1. The number of nitrogens with zero attached hydrogens (tertiary/aromatic N) is 2. The van der Waals surface area contributed by atoms with Gasteiger partial charge in [0.2, 0.25) is 5.84 Å². The number of amidine groups is 1. The summed E-state index contributed by atoms with van der Waals surface area (Å²) in [6.45, 7) is 0. The monoisotopic (exact) mass is 329 g/mol. The van der Waals surface area contributed by atoms with Crippen LogP contribution in [0.5, 0.6) is 5.75 Å². The highest BCUT2D eigenvalue weighted by Crippen LogP contribution is 2.34. The molecule has 0 amide bonds. The highest BCUT2D eigenvalue weighted by atomic mass is 35.5. The first-order chi connectivity index (χ1) is 10.0. The maximum atomic E-state index is 12.0. The largest absolute Gasteiger partial charge is 0.494 e. The van der Waals surface area contributed by atoms with Gasteiger partial charge in [0.25, 0.3) is 0 Å². The van der Waals surface area contributed by atoms with Gasteiger partial charge in [-0.2, -0.15) is 0 Å². The molecule has 9 heteroatoms. The maximum absolute atomic E-state index is 12.0. The fourth-order valence-corrected chi connectivity index (χ4v) is 1.91. The second kappa shape index (κ2) is 6.47. The third-order valence-corrected chi connectivity index (χ3v) is 2.99. The Morgan fingerprint density at radius 3 is 2.71 bits per heavy atom. The number of aromatic nitrogens is 1. The van der Waals surface area contributed by atoms with Crippen molar-refractivity contribution in [1.29, 1.82) is 0 Å². The van der Waals surface area contributed by atoms with Crippen molar-refractivity contribution in [3.63, 3.8) is 0 Å². The van der Waals surface area contributed by atoms with Crippen molar-refractivity contribution in [3.05, 3.63) is 46.1 Å². The molecule has 21 heavy (non-hydrogen) atoms. The van der Waals surface area contributed by atoms with Crippen LogP contribution in [-0.2, 0) is 4.84 Å². The molecule has 1 aromatic heterocycles. The zero-order chi connectivity index (χ0) is 15.4. The number of oxazole rings is 1. The number of benzene rings is 1. The molecular weight excluding hydrogens is 321 g/mol. The maximum Gasteiger partial charge on any atom is 0.371 e. The summed E-state index contributed by atoms with van der Waals surface area (Å²) < 4.78 is 9.92. The lowest BCUT2D eigenvalue weighted by molar-refractivity contribution is 0.0512. The summed E-state index contributed by atoms with van der Waals surface area (Å²) in [5, 5.41) is 3.76. The fourth-order valence-electron chi connectivity index (χ4n) is 1.45. The molecule has 0 bridgehead atoms. The van der Waals surface area contributed by atoms with E-state index >= 15 is 0 Å². The number of rotatable bonds is 4. The molecule has 2 aromatic rings. The van der Waals surface area contributed by atoms with Crippen LogP contribution in [0.1, 0.15) is 16.1 Å². The van der Waals surface area contributed by atoms with E-state index in [9.17, 15) is 4.79 Å². The lowest BCUT2D eigenvalue weighted by atomic mass is 10.2. The fraction of sp³-hybridized carbons (Fsp3) is 0.0833. The Hall–Kier alpha value is -2.25. The smallest absolute Gasteiger partial charge is 0.371 e. The second-order valence-electron chi connectivity index (χ2n) is 3.66. The summed E-state index contributed by atoms with van der Waals surface area (Å²) in [6, 6.07) is 2.93. The van der Waals surface area contributed by atoms with Crippen molar-refractivity contribution >= 4 is 35.0 Å². The molecule has 7 nitrogen and oxygen atoms in total. The van der Waals surface area contributed by atoms with Gasteiger partial charge in [0, 0.05) is 0 Å². The van der Waals surface area contributed by atoms with E-state index in [1.807, 2.05) is 0 Å². The molecule has 0 saturated carbocycles. The first kappa shape index (κ1) is 15.1. The highest BCUT2D eigenvalue weighted by molar-refractivity contribution is 6.37. The predicted molar refractivity (Wildman–Crippen MR) is 75.7 cm³/mol. The van der Waals surface area contributed by atoms with Crippen molar-refractivity contribution in [2.24, 2.45) is 10.9 Å². The molecular formula is C12H9Cl2N3O4. The van der Waals surface area contributed by atoms with Crippen LogP contribution in [0.25, 0.3) is 0 Å². The lowest BCUT2D eigenvalue weighted by Crippen LogP contribution is -2.15. The third-order valence-electron chi connectivity index (χ3n) is 2.38. The van der Waals surface area contributed by atoms with E-state index < -0.39 is 5.97 Å². The lowest BCUT2D eigenvalue weighted by Gasteiger charge is -2.09. The van der Waals surface area contributed by atoms with Crippen molar-refractivity contribution in [1.82, 2.24) is 4.98 Å². The number of nitrogens with two attached hydrogens (primary N) is 1. The molecule has 0 radical (unpaired) electrons. The molecule has 0 aliphatic heterocycles. The highest BCUT2D eigenvalue weighted by Gasteiger charge is 2.21. The Labute approximate surface area is 129 Å². The zero-order valence-corrected chi connectivity index (χ0v) is 12.2. The van der Waals surface area contributed by atoms with E-state index in [2.05, 4.69) is 10.1 Å². The number of halogens is 2. The summed E-state index contributed by atoms with van der Waals surface area (Å²) in [6.07, 6.45) is 2.48. The van der Waals surface area contributed by atoms with Crippen molar-refractivity contribution in [3.8, 4) is 5.75 Å². The van der Waals surface area contributed by atoms with Crippen LogP contribution >= 0.6 is 23.2 Å². The minimum absolute atomic E-state index is 0.0548. The first-order valence-electron chi connectivity index (χ1n) is 5.50. The van der Waals surface area contributed by atoms with Gasteiger partial charge in [-0.1, -0.05) is 28.4 Å². The third kappa shape index (κ3) is 3.26. The molecule has 0 unspecified atom stereocenters. The van der Waals surface area contributed by atoms with E-state index in [0.29, 0.717) is 0 Å². The predicted octanol–water partition coefficient (Wildman–Crippen LogP) is 2.47. The van der Waals surface area contributed by atoms with Crippen molar-refractivity contribution in [2.75, 3.05) is 7.11 Å². The summed E-state index contributed by atoms with van der Waals surface area (Å²) in [4.78, 5) is 20.4. The van der Waals surface area contributed by atoms with Gasteiger partial charge in [0.05, 0.1) is 23.4 Å². The van der Waals surface area contributed by atoms with Crippen molar-refractivity contribution < 1.29 is 18.8 Å². The molecule has 2 N–H and O–H groups in total. The van der Waals surface area contributed by atoms with Crippen LogP contribution in [0, 0.1) is 0 Å². The molecule has 0 saturated heterocycles. The number of carbonyl (C=O) groups is 1. The molecule has 1 aromatic carbocycles. The summed E-state index contributed by atoms with van der Waals surface area (Å²) in [5.74, 6) is -0.783. The van der Waals surface area contributed by atoms with Gasteiger partial charge in [-0.25, -0.2) is 9.78 Å². The van der Waals surface area contributed by atoms with Crippen LogP contribution in [-0.4, -0.2) is 23.9 Å². The standard InChI is InChI=1S/C12H9Cl2N3O4/c1-19-10-7(14)3-2-6(13)9(10)12(18)21-17-11(15)8-4-16-5-20-8/h2-5H,1H3,(H2,15,17). The van der Waals surface area contributed by atoms with Crippen LogP contribution in [0.3, 0.4) is 0 Å². The van der Waals surface area contributed by atoms with Crippen LogP contribution < -0.4 is 10.5 Å². The van der Waals surface area contributed by atoms with E-state index in [1.54, 1.807) is 0 Å². The number of carbonyl (C=O) groups excluding carboxylic acids is 1. The average Bonchev–Trinajstić information content (AvgIpc) is 3.00. The molecule has 110 valence electrons. The second-order valence-corrected chi connectivity index (χ2v) is 4.47. The quantitative estimate of drug-likeness (QED) is 0.400. The molecule has 0 atom stereocenters. The SMILES string of the molecule is COc1c(Cl)ccc(Cl)c1C(=O)O/N=C(\N)c1cnco1. The summed E-state index contributed by atoms with van der Waals surface area (Å²) >= 11 is 11.9. The Kier molecular flexibility index (Phi) is 4.66. The van der Waals surface area contributed by atoms with Gasteiger partial charge in [-0.15, -0.1) is 0 Å². The van der Waals surface area contributed by atoms with Gasteiger partial charge < -0.3 is 19.7 Å². The minimum Gasteiger partial charge on any atom is -0.494 e. The van der Waals surface area contributed by atoms with Gasteiger partial charge in [0.1, 0.15) is 5.56 Å². The van der Waals surface area contributed by atoms with Gasteiger partial charge in [-0.3, -0.25) is 0 Å².